The summed E-state index contributed by atoms with van der Waals surface area (Å²) < 4.78 is 26.2. The Morgan fingerprint density at radius 3 is 2.73 bits per heavy atom. The van der Waals surface area contributed by atoms with Crippen molar-refractivity contribution in [1.82, 2.24) is 24.6 Å². The Balaban J connectivity index is 1.44. The Bertz CT molecular complexity index is 1080. The van der Waals surface area contributed by atoms with Crippen LogP contribution < -0.4 is 0 Å². The van der Waals surface area contributed by atoms with Crippen molar-refractivity contribution in [3.63, 3.8) is 0 Å². The van der Waals surface area contributed by atoms with E-state index < -0.39 is 6.55 Å². The molecule has 1 aliphatic heterocycles. The minimum Gasteiger partial charge on any atom is -0.336 e. The van der Waals surface area contributed by atoms with E-state index in [1.807, 2.05) is 36.5 Å². The van der Waals surface area contributed by atoms with Crippen molar-refractivity contribution in [2.75, 3.05) is 13.1 Å². The molecule has 1 aliphatic carbocycles. The molecule has 1 amide bonds. The average molecular weight is 409 g/mol. The number of likely N-dealkylation sites (tertiary alicyclic amines) is 1. The van der Waals surface area contributed by atoms with Crippen molar-refractivity contribution in [1.29, 1.82) is 0 Å². The summed E-state index contributed by atoms with van der Waals surface area (Å²) in [6, 6.07) is 11.2. The summed E-state index contributed by atoms with van der Waals surface area (Å²) in [7, 11) is 0. The standard InChI is InChI=1S/C22H21F2N5O/c23-21(24)29-12-8-17(27-29)20(30)28-11-4-9-22(14-28)10-7-16-13-25-19(26-18(16)22)15-5-2-1-3-6-15/h1-3,5-6,8,12-13,21H,4,7,9-11,14H2. The topological polar surface area (TPSA) is 63.9 Å². The number of piperidine rings is 1. The van der Waals surface area contributed by atoms with Gasteiger partial charge in [0.15, 0.2) is 11.5 Å². The molecule has 6 nitrogen and oxygen atoms in total. The molecule has 5 rings (SSSR count). The van der Waals surface area contributed by atoms with Gasteiger partial charge in [-0.2, -0.15) is 13.9 Å². The van der Waals surface area contributed by atoms with E-state index in [9.17, 15) is 13.6 Å². The number of benzene rings is 1. The van der Waals surface area contributed by atoms with Crippen molar-refractivity contribution in [3.8, 4) is 11.4 Å². The first-order chi connectivity index (χ1) is 14.6. The van der Waals surface area contributed by atoms with Crippen molar-refractivity contribution in [3.05, 3.63) is 65.7 Å². The SMILES string of the molecule is O=C(c1ccn(C(F)F)n1)N1CCCC2(CCc3cnc(-c4ccccc4)nc32)C1. The number of carbonyl (C=O) groups is 1. The zero-order chi connectivity index (χ0) is 20.7. The van der Waals surface area contributed by atoms with E-state index in [0.717, 1.165) is 48.7 Å². The van der Waals surface area contributed by atoms with Crippen LogP contribution in [0.25, 0.3) is 11.4 Å². The molecule has 0 radical (unpaired) electrons. The summed E-state index contributed by atoms with van der Waals surface area (Å²) in [5.74, 6) is 0.383. The second-order valence-electron chi connectivity index (χ2n) is 8.00. The van der Waals surface area contributed by atoms with Gasteiger partial charge in [-0.15, -0.1) is 0 Å². The first-order valence-corrected chi connectivity index (χ1v) is 10.1. The summed E-state index contributed by atoms with van der Waals surface area (Å²) in [6.45, 7) is -1.64. The van der Waals surface area contributed by atoms with Gasteiger partial charge in [0.2, 0.25) is 0 Å². The molecule has 8 heteroatoms. The zero-order valence-corrected chi connectivity index (χ0v) is 16.3. The first kappa shape index (κ1) is 18.8. The van der Waals surface area contributed by atoms with Crippen LogP contribution in [0.4, 0.5) is 8.78 Å². The molecule has 3 aromatic rings. The molecule has 1 atom stereocenters. The van der Waals surface area contributed by atoms with Crippen molar-refractivity contribution >= 4 is 5.91 Å². The summed E-state index contributed by atoms with van der Waals surface area (Å²) in [4.78, 5) is 24.2. The number of nitrogens with zero attached hydrogens (tertiary/aromatic N) is 5. The van der Waals surface area contributed by atoms with Crippen molar-refractivity contribution in [2.45, 2.75) is 37.6 Å². The molecular weight excluding hydrogens is 388 g/mol. The quantitative estimate of drug-likeness (QED) is 0.659. The van der Waals surface area contributed by atoms with Gasteiger partial charge in [-0.25, -0.2) is 14.6 Å². The third-order valence-electron chi connectivity index (χ3n) is 6.16. The third kappa shape index (κ3) is 3.16. The van der Waals surface area contributed by atoms with Crippen LogP contribution in [0.5, 0.6) is 0 Å². The molecule has 1 saturated heterocycles. The maximum atomic E-state index is 12.9. The highest BCUT2D eigenvalue weighted by Crippen LogP contribution is 2.44. The Morgan fingerprint density at radius 2 is 1.97 bits per heavy atom. The number of hydrogen-bond donors (Lipinski definition) is 0. The Hall–Kier alpha value is -3.16. The predicted octanol–water partition coefficient (Wildman–Crippen LogP) is 3.86. The predicted molar refractivity (Wildman–Crippen MR) is 106 cm³/mol. The largest absolute Gasteiger partial charge is 0.336 e. The second-order valence-corrected chi connectivity index (χ2v) is 8.00. The Kier molecular flexibility index (Phi) is 4.56. The molecule has 1 spiro atoms. The van der Waals surface area contributed by atoms with Gasteiger partial charge in [-0.3, -0.25) is 4.79 Å². The molecule has 0 bridgehead atoms. The molecule has 154 valence electrons. The molecule has 30 heavy (non-hydrogen) atoms. The first-order valence-electron chi connectivity index (χ1n) is 10.1. The number of fused-ring (bicyclic) bond motifs is 2. The highest BCUT2D eigenvalue weighted by Gasteiger charge is 2.45. The molecule has 2 aromatic heterocycles. The molecule has 1 unspecified atom stereocenters. The van der Waals surface area contributed by atoms with E-state index in [4.69, 9.17) is 4.98 Å². The zero-order valence-electron chi connectivity index (χ0n) is 16.3. The molecule has 1 fully saturated rings. The summed E-state index contributed by atoms with van der Waals surface area (Å²) in [5, 5.41) is 3.75. The highest BCUT2D eigenvalue weighted by molar-refractivity contribution is 5.92. The molecule has 1 aromatic carbocycles. The van der Waals surface area contributed by atoms with Gasteiger partial charge >= 0.3 is 6.55 Å². The minimum atomic E-state index is -2.76. The normalized spacial score (nSPS) is 20.7. The molecule has 2 aliphatic rings. The van der Waals surface area contributed by atoms with Crippen LogP contribution in [0.15, 0.2) is 48.8 Å². The van der Waals surface area contributed by atoms with Crippen LogP contribution in [0, 0.1) is 0 Å². The van der Waals surface area contributed by atoms with E-state index in [1.54, 1.807) is 4.90 Å². The van der Waals surface area contributed by atoms with Gasteiger partial charge in [0.05, 0.1) is 5.69 Å². The van der Waals surface area contributed by atoms with Crippen molar-refractivity contribution < 1.29 is 13.6 Å². The lowest BCUT2D eigenvalue weighted by atomic mass is 9.77. The Labute approximate surface area is 172 Å². The monoisotopic (exact) mass is 409 g/mol. The van der Waals surface area contributed by atoms with Gasteiger partial charge in [0, 0.05) is 36.5 Å². The van der Waals surface area contributed by atoms with Gasteiger partial charge in [-0.05, 0) is 37.3 Å². The lowest BCUT2D eigenvalue weighted by Gasteiger charge is -2.40. The molecule has 0 saturated carbocycles. The summed E-state index contributed by atoms with van der Waals surface area (Å²) in [6.07, 6.45) is 6.62. The smallest absolute Gasteiger partial charge is 0.333 e. The van der Waals surface area contributed by atoms with Crippen LogP contribution >= 0.6 is 0 Å². The van der Waals surface area contributed by atoms with E-state index in [-0.39, 0.29) is 17.0 Å². The van der Waals surface area contributed by atoms with E-state index >= 15 is 0 Å². The number of halogens is 2. The maximum absolute atomic E-state index is 12.9. The van der Waals surface area contributed by atoms with Crippen LogP contribution in [0.3, 0.4) is 0 Å². The van der Waals surface area contributed by atoms with E-state index in [0.29, 0.717) is 23.6 Å². The lowest BCUT2D eigenvalue weighted by molar-refractivity contribution is 0.0534. The lowest BCUT2D eigenvalue weighted by Crippen LogP contribution is -2.48. The Morgan fingerprint density at radius 1 is 1.13 bits per heavy atom. The van der Waals surface area contributed by atoms with Crippen LogP contribution in [-0.4, -0.2) is 43.6 Å². The van der Waals surface area contributed by atoms with E-state index in [1.165, 1.54) is 6.07 Å². The fraction of sp³-hybridized carbons (Fsp3) is 0.364. The number of hydrogen-bond acceptors (Lipinski definition) is 4. The number of amides is 1. The van der Waals surface area contributed by atoms with Crippen molar-refractivity contribution in [2.24, 2.45) is 0 Å². The second kappa shape index (κ2) is 7.27. The minimum absolute atomic E-state index is 0.0539. The highest BCUT2D eigenvalue weighted by atomic mass is 19.3. The number of aryl methyl sites for hydroxylation is 1. The van der Waals surface area contributed by atoms with Gasteiger partial charge in [0.1, 0.15) is 0 Å². The van der Waals surface area contributed by atoms with Gasteiger partial charge < -0.3 is 4.90 Å². The van der Waals surface area contributed by atoms with Crippen LogP contribution in [0.1, 0.15) is 47.6 Å². The number of rotatable bonds is 3. The third-order valence-corrected chi connectivity index (χ3v) is 6.16. The average Bonchev–Trinajstić information content (AvgIpc) is 3.40. The van der Waals surface area contributed by atoms with Crippen LogP contribution in [0.2, 0.25) is 0 Å². The number of aromatic nitrogens is 4. The maximum Gasteiger partial charge on any atom is 0.333 e. The summed E-state index contributed by atoms with van der Waals surface area (Å²) >= 11 is 0. The molecule has 0 N–H and O–H groups in total. The van der Waals surface area contributed by atoms with Crippen LogP contribution in [-0.2, 0) is 11.8 Å². The molecule has 3 heterocycles. The number of alkyl halides is 2. The van der Waals surface area contributed by atoms with Gasteiger partial charge in [-0.1, -0.05) is 30.3 Å². The van der Waals surface area contributed by atoms with E-state index in [2.05, 4.69) is 10.1 Å². The fourth-order valence-corrected chi connectivity index (χ4v) is 4.69. The van der Waals surface area contributed by atoms with Gasteiger partial charge in [0.25, 0.3) is 5.91 Å². The molecular formula is C22H21F2N5O. The number of carbonyl (C=O) groups excluding carboxylic acids is 1. The fourth-order valence-electron chi connectivity index (χ4n) is 4.69. The summed E-state index contributed by atoms with van der Waals surface area (Å²) in [5.41, 5.74) is 2.95.